The Labute approximate surface area is 506 Å². The number of amides is 1. The first-order chi connectivity index (χ1) is 40.0. The molecule has 0 fully saturated rings. The number of aliphatic hydroxyl groups is 2. The molecular weight excluding hydrogens is 995 g/mol. The molecule has 81 heavy (non-hydrogen) atoms. The first kappa shape index (κ1) is 79.1. The summed E-state index contributed by atoms with van der Waals surface area (Å²) < 4.78 is 5.50. The average Bonchev–Trinajstić information content (AvgIpc) is 3.47. The summed E-state index contributed by atoms with van der Waals surface area (Å²) in [5.74, 6) is -0.0174. The van der Waals surface area contributed by atoms with E-state index in [9.17, 15) is 19.8 Å². The number of rotatable bonds is 69. The first-order valence-corrected chi connectivity index (χ1v) is 36.7. The number of carbonyl (C=O) groups is 2. The van der Waals surface area contributed by atoms with E-state index in [0.717, 1.165) is 51.4 Å². The lowest BCUT2D eigenvalue weighted by molar-refractivity contribution is -0.143. The van der Waals surface area contributed by atoms with Gasteiger partial charge in [-0.1, -0.05) is 346 Å². The summed E-state index contributed by atoms with van der Waals surface area (Å²) in [6, 6.07) is -0.539. The molecule has 2 atom stereocenters. The molecule has 0 aromatic rings. The van der Waals surface area contributed by atoms with Gasteiger partial charge in [0.15, 0.2) is 0 Å². The Morgan fingerprint density at radius 2 is 0.617 bits per heavy atom. The highest BCUT2D eigenvalue weighted by Gasteiger charge is 2.20. The van der Waals surface area contributed by atoms with Gasteiger partial charge >= 0.3 is 5.97 Å². The molecule has 0 aliphatic rings. The van der Waals surface area contributed by atoms with E-state index in [1.807, 2.05) is 0 Å². The zero-order valence-electron chi connectivity index (χ0n) is 54.8. The fourth-order valence-electron chi connectivity index (χ4n) is 11.6. The molecule has 0 spiro atoms. The van der Waals surface area contributed by atoms with Gasteiger partial charge in [-0.15, -0.1) is 0 Å². The molecule has 0 aliphatic carbocycles. The summed E-state index contributed by atoms with van der Waals surface area (Å²) in [5, 5.41) is 23.3. The van der Waals surface area contributed by atoms with Crippen molar-refractivity contribution in [3.63, 3.8) is 0 Å². The smallest absolute Gasteiger partial charge is 0.305 e. The lowest BCUT2D eigenvalue weighted by Crippen LogP contribution is -2.45. The van der Waals surface area contributed by atoms with Gasteiger partial charge in [-0.25, -0.2) is 0 Å². The Hall–Kier alpha value is -1.92. The van der Waals surface area contributed by atoms with Gasteiger partial charge in [0.2, 0.25) is 5.91 Å². The van der Waals surface area contributed by atoms with Crippen molar-refractivity contribution in [2.75, 3.05) is 13.2 Å². The SMILES string of the molecule is CCCCCCCC/C=C\CCCCCCCCCC(=O)OCCCCCCCCCCCCC/C=C\C/C=C\CCCCCCCCCCCCCCCCCCCC(=O)NC(CO)C(O)CCCCCCCCCCCCCC. The van der Waals surface area contributed by atoms with Crippen LogP contribution < -0.4 is 5.32 Å². The summed E-state index contributed by atoms with van der Waals surface area (Å²) in [6.45, 7) is 4.97. The number of aliphatic hydroxyl groups excluding tert-OH is 2. The van der Waals surface area contributed by atoms with Gasteiger partial charge in [-0.3, -0.25) is 9.59 Å². The number of esters is 1. The molecule has 0 rings (SSSR count). The Balaban J connectivity index is 3.35. The van der Waals surface area contributed by atoms with Gasteiger partial charge in [0, 0.05) is 12.8 Å². The summed E-state index contributed by atoms with van der Waals surface area (Å²) >= 11 is 0. The van der Waals surface area contributed by atoms with Crippen LogP contribution in [0.5, 0.6) is 0 Å². The van der Waals surface area contributed by atoms with E-state index >= 15 is 0 Å². The number of unbranched alkanes of at least 4 members (excludes halogenated alkanes) is 52. The van der Waals surface area contributed by atoms with Crippen molar-refractivity contribution in [1.29, 1.82) is 0 Å². The third-order valence-corrected chi connectivity index (χ3v) is 17.2. The summed E-state index contributed by atoms with van der Waals surface area (Å²) in [6.07, 6.45) is 90.7. The third kappa shape index (κ3) is 67.1. The molecule has 0 heterocycles. The average molecular weight is 1140 g/mol. The van der Waals surface area contributed by atoms with Crippen LogP contribution in [0.15, 0.2) is 36.5 Å². The van der Waals surface area contributed by atoms with Gasteiger partial charge in [-0.2, -0.15) is 0 Å². The van der Waals surface area contributed by atoms with E-state index in [4.69, 9.17) is 4.74 Å². The van der Waals surface area contributed by atoms with Crippen molar-refractivity contribution < 1.29 is 24.5 Å². The Kier molecular flexibility index (Phi) is 68.9. The van der Waals surface area contributed by atoms with Crippen molar-refractivity contribution in [3.8, 4) is 0 Å². The highest BCUT2D eigenvalue weighted by atomic mass is 16.5. The predicted molar refractivity (Wildman–Crippen MR) is 356 cm³/mol. The number of allylic oxidation sites excluding steroid dienone is 6. The van der Waals surface area contributed by atoms with Crippen molar-refractivity contribution in [3.05, 3.63) is 36.5 Å². The van der Waals surface area contributed by atoms with Crippen molar-refractivity contribution >= 4 is 11.9 Å². The second-order valence-corrected chi connectivity index (χ2v) is 25.3. The highest BCUT2D eigenvalue weighted by molar-refractivity contribution is 5.76. The van der Waals surface area contributed by atoms with Crippen LogP contribution in [-0.2, 0) is 14.3 Å². The van der Waals surface area contributed by atoms with Crippen LogP contribution in [0.2, 0.25) is 0 Å². The van der Waals surface area contributed by atoms with Crippen LogP contribution in [0.1, 0.15) is 406 Å². The molecule has 0 saturated heterocycles. The van der Waals surface area contributed by atoms with E-state index in [2.05, 4.69) is 55.6 Å². The van der Waals surface area contributed by atoms with E-state index in [-0.39, 0.29) is 18.5 Å². The predicted octanol–water partition coefficient (Wildman–Crippen LogP) is 23.9. The molecule has 0 aromatic carbocycles. The second-order valence-electron chi connectivity index (χ2n) is 25.3. The molecule has 3 N–H and O–H groups in total. The minimum absolute atomic E-state index is 0.0139. The monoisotopic (exact) mass is 1140 g/mol. The highest BCUT2D eigenvalue weighted by Crippen LogP contribution is 2.19. The number of hydrogen-bond donors (Lipinski definition) is 3. The fraction of sp³-hybridized carbons (Fsp3) is 0.893. The summed E-state index contributed by atoms with van der Waals surface area (Å²) in [4.78, 5) is 24.6. The zero-order chi connectivity index (χ0) is 58.5. The maximum absolute atomic E-state index is 12.5. The topological polar surface area (TPSA) is 95.9 Å². The Morgan fingerprint density at radius 1 is 0.346 bits per heavy atom. The number of hydrogen-bond acceptors (Lipinski definition) is 5. The fourth-order valence-corrected chi connectivity index (χ4v) is 11.6. The molecule has 0 saturated carbocycles. The molecular formula is C75H143NO5. The second kappa shape index (κ2) is 70.6. The van der Waals surface area contributed by atoms with Crippen molar-refractivity contribution in [2.24, 2.45) is 0 Å². The Morgan fingerprint density at radius 3 is 0.951 bits per heavy atom. The standard InChI is InChI=1S/C75H143NO5/c1-3-5-7-9-11-13-15-17-18-38-42-45-49-53-57-61-65-69-75(80)81-70-66-62-58-54-50-46-43-40-37-35-33-31-29-27-25-23-21-19-20-22-24-26-28-30-32-34-36-39-41-44-48-52-56-60-64-68-74(79)76-72(71-77)73(78)67-63-59-55-51-47-16-14-12-10-8-6-4-2/h17-18,21,23,27,29,72-73,77-78H,3-16,19-20,22,24-26,28,30-71H2,1-2H3,(H,76,79)/b18-17-,23-21-,29-27-. The first-order valence-electron chi connectivity index (χ1n) is 36.7. The number of nitrogens with one attached hydrogen (secondary N) is 1. The van der Waals surface area contributed by atoms with Crippen molar-refractivity contribution in [1.82, 2.24) is 5.32 Å². The number of carbonyl (C=O) groups excluding carboxylic acids is 2. The van der Waals surface area contributed by atoms with Gasteiger partial charge in [0.05, 0.1) is 25.4 Å². The quantitative estimate of drug-likeness (QED) is 0.0320. The van der Waals surface area contributed by atoms with Gasteiger partial charge in [-0.05, 0) is 83.5 Å². The molecule has 0 bridgehead atoms. The van der Waals surface area contributed by atoms with Crippen LogP contribution in [0.25, 0.3) is 0 Å². The van der Waals surface area contributed by atoms with E-state index in [0.29, 0.717) is 25.9 Å². The van der Waals surface area contributed by atoms with Gasteiger partial charge in [0.25, 0.3) is 0 Å². The zero-order valence-corrected chi connectivity index (χ0v) is 54.8. The molecule has 0 aromatic heterocycles. The third-order valence-electron chi connectivity index (χ3n) is 17.2. The van der Waals surface area contributed by atoms with Crippen LogP contribution in [0, 0.1) is 0 Å². The molecule has 6 heteroatoms. The maximum Gasteiger partial charge on any atom is 0.305 e. The minimum atomic E-state index is -0.661. The van der Waals surface area contributed by atoms with Crippen LogP contribution in [0.3, 0.4) is 0 Å². The largest absolute Gasteiger partial charge is 0.466 e. The molecule has 0 radical (unpaired) electrons. The van der Waals surface area contributed by atoms with E-state index < -0.39 is 12.1 Å². The van der Waals surface area contributed by atoms with Crippen LogP contribution in [0.4, 0.5) is 0 Å². The molecule has 6 nitrogen and oxygen atoms in total. The van der Waals surface area contributed by atoms with Gasteiger partial charge in [0.1, 0.15) is 0 Å². The summed E-state index contributed by atoms with van der Waals surface area (Å²) in [5.41, 5.74) is 0. The minimum Gasteiger partial charge on any atom is -0.466 e. The van der Waals surface area contributed by atoms with E-state index in [1.54, 1.807) is 0 Å². The molecule has 478 valence electrons. The lowest BCUT2D eigenvalue weighted by atomic mass is 10.0. The van der Waals surface area contributed by atoms with Gasteiger partial charge < -0.3 is 20.3 Å². The Bertz CT molecular complexity index is 1310. The lowest BCUT2D eigenvalue weighted by Gasteiger charge is -2.22. The molecule has 1 amide bonds. The molecule has 2 unspecified atom stereocenters. The normalized spacial score (nSPS) is 12.7. The van der Waals surface area contributed by atoms with Crippen LogP contribution >= 0.6 is 0 Å². The van der Waals surface area contributed by atoms with Crippen molar-refractivity contribution in [2.45, 2.75) is 418 Å². The van der Waals surface area contributed by atoms with E-state index in [1.165, 1.54) is 321 Å². The number of ether oxygens (including phenoxy) is 1. The molecule has 0 aliphatic heterocycles. The summed E-state index contributed by atoms with van der Waals surface area (Å²) in [7, 11) is 0. The maximum atomic E-state index is 12.5. The van der Waals surface area contributed by atoms with Crippen LogP contribution in [-0.4, -0.2) is 47.4 Å².